The van der Waals surface area contributed by atoms with Crippen LogP contribution in [0, 0.1) is 0 Å². The Hall–Kier alpha value is -1.91. The van der Waals surface area contributed by atoms with E-state index in [-0.39, 0.29) is 0 Å². The first-order chi connectivity index (χ1) is 9.88. The van der Waals surface area contributed by atoms with Crippen molar-refractivity contribution in [2.75, 3.05) is 6.54 Å². The highest BCUT2D eigenvalue weighted by Gasteiger charge is 2.13. The number of thiophene rings is 1. The molecule has 20 heavy (non-hydrogen) atoms. The fourth-order valence-corrected chi connectivity index (χ4v) is 3.10. The molecule has 0 radical (unpaired) electrons. The normalized spacial score (nSPS) is 12.4. The molecule has 3 nitrogen and oxygen atoms in total. The van der Waals surface area contributed by atoms with Gasteiger partial charge in [-0.25, -0.2) is 4.98 Å². The van der Waals surface area contributed by atoms with Crippen molar-refractivity contribution in [2.24, 2.45) is 5.73 Å². The molecule has 0 spiro atoms. The lowest BCUT2D eigenvalue weighted by Crippen LogP contribution is -2.18. The van der Waals surface area contributed by atoms with Crippen LogP contribution in [0.1, 0.15) is 11.5 Å². The number of nitrogens with zero attached hydrogens (tertiary/aromatic N) is 2. The Kier molecular flexibility index (Phi) is 3.95. The van der Waals surface area contributed by atoms with Crippen molar-refractivity contribution < 1.29 is 0 Å². The minimum Gasteiger partial charge on any atom is -0.330 e. The lowest BCUT2D eigenvalue weighted by Gasteiger charge is -2.17. The van der Waals surface area contributed by atoms with E-state index in [0.717, 1.165) is 12.4 Å². The predicted octanol–water partition coefficient (Wildman–Crippen LogP) is 3.35. The van der Waals surface area contributed by atoms with Gasteiger partial charge in [0.05, 0.1) is 4.88 Å². The molecule has 0 aliphatic carbocycles. The van der Waals surface area contributed by atoms with Gasteiger partial charge in [-0.1, -0.05) is 36.4 Å². The fraction of sp³-hybridized carbons (Fsp3) is 0.188. The van der Waals surface area contributed by atoms with Gasteiger partial charge in [0.25, 0.3) is 0 Å². The van der Waals surface area contributed by atoms with E-state index >= 15 is 0 Å². The Morgan fingerprint density at radius 2 is 2.00 bits per heavy atom. The highest BCUT2D eigenvalue weighted by atomic mass is 32.1. The Balaban J connectivity index is 1.86. The van der Waals surface area contributed by atoms with Crippen LogP contribution >= 0.6 is 11.3 Å². The predicted molar refractivity (Wildman–Crippen MR) is 83.8 cm³/mol. The summed E-state index contributed by atoms with van der Waals surface area (Å²) in [7, 11) is 0. The largest absolute Gasteiger partial charge is 0.330 e. The number of aromatic nitrogens is 2. The summed E-state index contributed by atoms with van der Waals surface area (Å²) in [6.07, 6.45) is 3.88. The average molecular weight is 283 g/mol. The van der Waals surface area contributed by atoms with Crippen LogP contribution in [0.25, 0.3) is 10.7 Å². The van der Waals surface area contributed by atoms with Gasteiger partial charge < -0.3 is 10.3 Å². The molecule has 0 saturated carbocycles. The topological polar surface area (TPSA) is 43.8 Å². The van der Waals surface area contributed by atoms with Crippen LogP contribution in [0.2, 0.25) is 0 Å². The van der Waals surface area contributed by atoms with E-state index in [1.807, 2.05) is 18.5 Å². The zero-order valence-electron chi connectivity index (χ0n) is 11.1. The second-order valence-corrected chi connectivity index (χ2v) is 5.67. The maximum atomic E-state index is 5.96. The van der Waals surface area contributed by atoms with Crippen molar-refractivity contribution in [3.05, 3.63) is 65.8 Å². The summed E-state index contributed by atoms with van der Waals surface area (Å²) in [5.41, 5.74) is 7.24. The summed E-state index contributed by atoms with van der Waals surface area (Å²) in [5, 5.41) is 2.08. The lowest BCUT2D eigenvalue weighted by molar-refractivity contribution is 0.571. The zero-order chi connectivity index (χ0) is 13.8. The van der Waals surface area contributed by atoms with E-state index in [4.69, 9.17) is 5.73 Å². The maximum Gasteiger partial charge on any atom is 0.150 e. The number of hydrogen-bond acceptors (Lipinski definition) is 3. The summed E-state index contributed by atoms with van der Waals surface area (Å²) < 4.78 is 2.19. The van der Waals surface area contributed by atoms with Gasteiger partial charge in [-0.15, -0.1) is 11.3 Å². The monoisotopic (exact) mass is 283 g/mol. The van der Waals surface area contributed by atoms with Gasteiger partial charge in [-0.3, -0.25) is 0 Å². The third-order valence-electron chi connectivity index (χ3n) is 3.43. The summed E-state index contributed by atoms with van der Waals surface area (Å²) in [4.78, 5) is 5.67. The van der Waals surface area contributed by atoms with Crippen molar-refractivity contribution in [3.63, 3.8) is 0 Å². The maximum absolute atomic E-state index is 5.96. The molecular formula is C16H17N3S. The van der Waals surface area contributed by atoms with Crippen molar-refractivity contribution >= 4 is 11.3 Å². The van der Waals surface area contributed by atoms with Crippen LogP contribution in [0.4, 0.5) is 0 Å². The van der Waals surface area contributed by atoms with Crippen LogP contribution in [-0.2, 0) is 6.54 Å². The average Bonchev–Trinajstić information content (AvgIpc) is 3.16. The molecule has 2 aromatic heterocycles. The SMILES string of the molecule is NCC(Cn1ccnc1-c1cccs1)c1ccccc1. The van der Waals surface area contributed by atoms with Crippen molar-refractivity contribution in [3.8, 4) is 10.7 Å². The molecule has 1 atom stereocenters. The third kappa shape index (κ3) is 2.66. The molecule has 0 fully saturated rings. The van der Waals surface area contributed by atoms with Gasteiger partial charge in [0.2, 0.25) is 0 Å². The van der Waals surface area contributed by atoms with E-state index in [0.29, 0.717) is 12.5 Å². The molecule has 3 aromatic rings. The van der Waals surface area contributed by atoms with Gasteiger partial charge in [0.1, 0.15) is 5.82 Å². The van der Waals surface area contributed by atoms with E-state index in [1.165, 1.54) is 10.4 Å². The molecule has 0 bridgehead atoms. The van der Waals surface area contributed by atoms with Crippen LogP contribution in [0.15, 0.2) is 60.2 Å². The molecule has 3 rings (SSSR count). The van der Waals surface area contributed by atoms with E-state index < -0.39 is 0 Å². The number of imidazole rings is 1. The Labute approximate surface area is 122 Å². The van der Waals surface area contributed by atoms with Gasteiger partial charge in [0, 0.05) is 31.4 Å². The van der Waals surface area contributed by atoms with E-state index in [1.54, 1.807) is 11.3 Å². The highest BCUT2D eigenvalue weighted by molar-refractivity contribution is 7.13. The van der Waals surface area contributed by atoms with Crippen molar-refractivity contribution in [2.45, 2.75) is 12.5 Å². The number of nitrogens with two attached hydrogens (primary N) is 1. The molecule has 0 aliphatic rings. The Morgan fingerprint density at radius 1 is 1.15 bits per heavy atom. The molecule has 2 heterocycles. The molecule has 0 saturated heterocycles. The molecule has 0 amide bonds. The zero-order valence-corrected chi connectivity index (χ0v) is 12.0. The molecule has 0 aliphatic heterocycles. The van der Waals surface area contributed by atoms with Gasteiger partial charge in [0.15, 0.2) is 0 Å². The van der Waals surface area contributed by atoms with Gasteiger partial charge in [-0.2, -0.15) is 0 Å². The van der Waals surface area contributed by atoms with Crippen LogP contribution in [-0.4, -0.2) is 16.1 Å². The number of benzene rings is 1. The summed E-state index contributed by atoms with van der Waals surface area (Å²) in [6.45, 7) is 1.49. The van der Waals surface area contributed by atoms with Crippen molar-refractivity contribution in [1.29, 1.82) is 0 Å². The highest BCUT2D eigenvalue weighted by Crippen LogP contribution is 2.25. The first-order valence-corrected chi connectivity index (χ1v) is 7.56. The summed E-state index contributed by atoms with van der Waals surface area (Å²) in [6, 6.07) is 14.6. The summed E-state index contributed by atoms with van der Waals surface area (Å²) in [5.74, 6) is 1.33. The van der Waals surface area contributed by atoms with Gasteiger partial charge >= 0.3 is 0 Å². The van der Waals surface area contributed by atoms with Gasteiger partial charge in [-0.05, 0) is 17.0 Å². The second-order valence-electron chi connectivity index (χ2n) is 4.72. The molecule has 4 heteroatoms. The first kappa shape index (κ1) is 13.1. The number of hydrogen-bond donors (Lipinski definition) is 1. The fourth-order valence-electron chi connectivity index (χ4n) is 2.37. The van der Waals surface area contributed by atoms with E-state index in [2.05, 4.69) is 51.3 Å². The smallest absolute Gasteiger partial charge is 0.150 e. The standard InChI is InChI=1S/C16H17N3S/c17-11-14(13-5-2-1-3-6-13)12-19-9-8-18-16(19)15-7-4-10-20-15/h1-10,14H,11-12,17H2. The summed E-state index contributed by atoms with van der Waals surface area (Å²) >= 11 is 1.71. The molecule has 2 N–H and O–H groups in total. The molecule has 102 valence electrons. The molecule has 1 unspecified atom stereocenters. The number of rotatable bonds is 5. The third-order valence-corrected chi connectivity index (χ3v) is 4.30. The Bertz CT molecular complexity index is 643. The van der Waals surface area contributed by atoms with Crippen LogP contribution in [0.3, 0.4) is 0 Å². The minimum absolute atomic E-state index is 0.309. The van der Waals surface area contributed by atoms with Crippen molar-refractivity contribution in [1.82, 2.24) is 9.55 Å². The Morgan fingerprint density at radius 3 is 2.70 bits per heavy atom. The molecule has 1 aromatic carbocycles. The van der Waals surface area contributed by atoms with Crippen LogP contribution < -0.4 is 5.73 Å². The van der Waals surface area contributed by atoms with Crippen LogP contribution in [0.5, 0.6) is 0 Å². The van der Waals surface area contributed by atoms with E-state index in [9.17, 15) is 0 Å². The molecular weight excluding hydrogens is 266 g/mol. The lowest BCUT2D eigenvalue weighted by atomic mass is 9.99. The second kappa shape index (κ2) is 6.03. The quantitative estimate of drug-likeness (QED) is 0.780. The minimum atomic E-state index is 0.309. The first-order valence-electron chi connectivity index (χ1n) is 6.68.